The lowest BCUT2D eigenvalue weighted by molar-refractivity contribution is -0.136. The standard InChI is InChI=1S/C46H55ClFN9O4/c1-55-41(22-29-2-3-29)37(25-51-55)43-39(47)26-50-46(54-43)52-33-8-6-32(7-9-33)49-17-21-61-34-10-4-28(5-11-34)14-18-56-19-15-30(16-20-56)35-23-31(48)24-36-38(35)27-57(45(36)60)40-12-13-42(58)53-44(40)59/h4-5,10-11,23-26,29-30,32-33,40,49H,2-3,6-9,12-22,27H2,1H3,(H,50,52,54)(H,53,58,59)/t32-,33-,40?. The summed E-state index contributed by atoms with van der Waals surface area (Å²) in [7, 11) is 1.99. The number of ether oxygens (including phenoxy) is 1. The molecule has 3 aliphatic heterocycles. The van der Waals surface area contributed by atoms with Gasteiger partial charge in [0, 0.05) is 62.0 Å². The van der Waals surface area contributed by atoms with E-state index < -0.39 is 17.8 Å². The monoisotopic (exact) mass is 851 g/mol. The van der Waals surface area contributed by atoms with Crippen LogP contribution in [0.5, 0.6) is 5.75 Å². The molecule has 3 amide bonds. The predicted octanol–water partition coefficient (Wildman–Crippen LogP) is 6.20. The quantitative estimate of drug-likeness (QED) is 0.0935. The number of hydrogen-bond acceptors (Lipinski definition) is 10. The number of nitrogens with zero attached hydrogens (tertiary/aromatic N) is 6. The van der Waals surface area contributed by atoms with Crippen LogP contribution in [-0.4, -0.2) is 98.2 Å². The van der Waals surface area contributed by atoms with Crippen molar-refractivity contribution in [3.63, 3.8) is 0 Å². The molecule has 5 heterocycles. The number of aryl methyl sites for hydroxylation is 1. The molecule has 322 valence electrons. The number of fused-ring (bicyclic) bond motifs is 1. The van der Waals surface area contributed by atoms with Crippen molar-refractivity contribution < 1.29 is 23.5 Å². The number of aromatic nitrogens is 4. The van der Waals surface area contributed by atoms with Crippen LogP contribution in [0.4, 0.5) is 10.3 Å². The van der Waals surface area contributed by atoms with Gasteiger partial charge in [-0.2, -0.15) is 5.10 Å². The summed E-state index contributed by atoms with van der Waals surface area (Å²) in [5.74, 6) is 0.812. The molecule has 4 fully saturated rings. The third-order valence-electron chi connectivity index (χ3n) is 13.4. The molecule has 9 rings (SSSR count). The van der Waals surface area contributed by atoms with Crippen molar-refractivity contribution in [2.45, 2.75) is 108 Å². The largest absolute Gasteiger partial charge is 0.492 e. The highest BCUT2D eigenvalue weighted by Crippen LogP contribution is 2.39. The molecule has 3 N–H and O–H groups in total. The maximum atomic E-state index is 14.9. The zero-order chi connectivity index (χ0) is 42.0. The molecule has 0 radical (unpaired) electrons. The number of likely N-dealkylation sites (tertiary alicyclic amines) is 1. The average molecular weight is 852 g/mol. The van der Waals surface area contributed by atoms with Gasteiger partial charge in [0.1, 0.15) is 24.2 Å². The second-order valence-corrected chi connectivity index (χ2v) is 18.0. The minimum atomic E-state index is -0.713. The van der Waals surface area contributed by atoms with Gasteiger partial charge in [-0.15, -0.1) is 0 Å². The first-order valence-corrected chi connectivity index (χ1v) is 22.5. The third kappa shape index (κ3) is 9.61. The van der Waals surface area contributed by atoms with Gasteiger partial charge in [-0.3, -0.25) is 24.4 Å². The van der Waals surface area contributed by atoms with Crippen molar-refractivity contribution in [1.29, 1.82) is 0 Å². The van der Waals surface area contributed by atoms with Crippen molar-refractivity contribution in [1.82, 2.24) is 40.2 Å². The Bertz CT molecular complexity index is 2250. The number of amides is 3. The van der Waals surface area contributed by atoms with E-state index >= 15 is 0 Å². The van der Waals surface area contributed by atoms with Gasteiger partial charge in [0.15, 0.2) is 0 Å². The summed E-state index contributed by atoms with van der Waals surface area (Å²) in [6, 6.07) is 11.3. The molecule has 15 heteroatoms. The van der Waals surface area contributed by atoms with Crippen LogP contribution >= 0.6 is 11.6 Å². The number of carbonyl (C=O) groups is 3. The van der Waals surface area contributed by atoms with Crippen LogP contribution in [0.15, 0.2) is 48.8 Å². The lowest BCUT2D eigenvalue weighted by Crippen LogP contribution is -2.52. The third-order valence-corrected chi connectivity index (χ3v) is 13.7. The van der Waals surface area contributed by atoms with E-state index in [1.807, 2.05) is 17.9 Å². The fourth-order valence-electron chi connectivity index (χ4n) is 9.70. The molecule has 1 atom stereocenters. The summed E-state index contributed by atoms with van der Waals surface area (Å²) in [4.78, 5) is 50.9. The first-order chi connectivity index (χ1) is 29.6. The van der Waals surface area contributed by atoms with Crippen LogP contribution in [-0.2, 0) is 36.0 Å². The molecule has 13 nitrogen and oxygen atoms in total. The Morgan fingerprint density at radius 3 is 2.46 bits per heavy atom. The summed E-state index contributed by atoms with van der Waals surface area (Å²) >= 11 is 6.59. The van der Waals surface area contributed by atoms with Crippen molar-refractivity contribution in [3.05, 3.63) is 87.6 Å². The highest BCUT2D eigenvalue weighted by molar-refractivity contribution is 6.33. The minimum absolute atomic E-state index is 0.140. The fourth-order valence-corrected chi connectivity index (χ4v) is 9.90. The van der Waals surface area contributed by atoms with Gasteiger partial charge in [0.05, 0.1) is 23.1 Å². The number of benzene rings is 2. The highest BCUT2D eigenvalue weighted by atomic mass is 35.5. The van der Waals surface area contributed by atoms with E-state index in [0.717, 1.165) is 112 Å². The first-order valence-electron chi connectivity index (χ1n) is 22.1. The molecule has 2 aliphatic carbocycles. The second-order valence-electron chi connectivity index (χ2n) is 17.6. The Morgan fingerprint density at radius 2 is 1.70 bits per heavy atom. The van der Waals surface area contributed by atoms with Gasteiger partial charge in [-0.05, 0) is 137 Å². The lowest BCUT2D eigenvalue weighted by Gasteiger charge is -2.33. The topological polar surface area (TPSA) is 147 Å². The summed E-state index contributed by atoms with van der Waals surface area (Å²) in [5, 5.41) is 14.6. The Morgan fingerprint density at radius 1 is 0.934 bits per heavy atom. The maximum absolute atomic E-state index is 14.9. The Labute approximate surface area is 361 Å². The van der Waals surface area contributed by atoms with Crippen LogP contribution in [0.2, 0.25) is 5.02 Å². The predicted molar refractivity (Wildman–Crippen MR) is 230 cm³/mol. The molecular formula is C46H55ClFN9O4. The fraction of sp³-hybridized carbons (Fsp3) is 0.522. The smallest absolute Gasteiger partial charge is 0.255 e. The Hall–Kier alpha value is -4.92. The van der Waals surface area contributed by atoms with E-state index in [0.29, 0.717) is 35.2 Å². The summed E-state index contributed by atoms with van der Waals surface area (Å²) in [6.45, 7) is 4.35. The van der Waals surface area contributed by atoms with Gasteiger partial charge in [0.2, 0.25) is 17.8 Å². The number of rotatable bonds is 15. The van der Waals surface area contributed by atoms with Crippen molar-refractivity contribution >= 4 is 35.3 Å². The van der Waals surface area contributed by atoms with Crippen LogP contribution in [0, 0.1) is 11.7 Å². The normalized spacial score (nSPS) is 22.4. The molecule has 2 saturated carbocycles. The highest BCUT2D eigenvalue weighted by Gasteiger charge is 2.41. The molecule has 0 spiro atoms. The molecule has 0 bridgehead atoms. The van der Waals surface area contributed by atoms with Crippen molar-refractivity contribution in [2.24, 2.45) is 13.0 Å². The molecule has 5 aliphatic rings. The number of piperidine rings is 2. The molecule has 2 aromatic carbocycles. The molecule has 4 aromatic rings. The SMILES string of the molecule is Cn1ncc(-c2nc(N[C@H]3CC[C@H](NCCOc4ccc(CCN5CCC(c6cc(F)cc7c6CN(C6CCC(=O)NC6=O)C7=O)CC5)cc4)CC3)ncc2Cl)c1CC1CC1. The molecule has 61 heavy (non-hydrogen) atoms. The summed E-state index contributed by atoms with van der Waals surface area (Å²) < 4.78 is 22.9. The summed E-state index contributed by atoms with van der Waals surface area (Å²) in [6.07, 6.45) is 14.5. The van der Waals surface area contributed by atoms with E-state index in [-0.39, 0.29) is 37.1 Å². The Kier molecular flexibility index (Phi) is 12.4. The zero-order valence-electron chi connectivity index (χ0n) is 34.8. The number of carbonyl (C=O) groups excluding carboxylic acids is 3. The average Bonchev–Trinajstić information content (AvgIpc) is 3.94. The zero-order valence-corrected chi connectivity index (χ0v) is 35.6. The van der Waals surface area contributed by atoms with E-state index in [2.05, 4.69) is 55.2 Å². The molecule has 1 unspecified atom stereocenters. The summed E-state index contributed by atoms with van der Waals surface area (Å²) in [5.41, 5.74) is 6.23. The van der Waals surface area contributed by atoms with Gasteiger partial charge in [-0.1, -0.05) is 23.7 Å². The van der Waals surface area contributed by atoms with Gasteiger partial charge < -0.3 is 25.2 Å². The van der Waals surface area contributed by atoms with E-state index in [9.17, 15) is 18.8 Å². The van der Waals surface area contributed by atoms with E-state index in [1.165, 1.54) is 35.1 Å². The lowest BCUT2D eigenvalue weighted by atomic mass is 9.85. The maximum Gasteiger partial charge on any atom is 0.255 e. The minimum Gasteiger partial charge on any atom is -0.492 e. The molecule has 2 aromatic heterocycles. The van der Waals surface area contributed by atoms with Gasteiger partial charge in [0.25, 0.3) is 5.91 Å². The van der Waals surface area contributed by atoms with Crippen molar-refractivity contribution in [2.75, 3.05) is 38.1 Å². The number of nitrogens with one attached hydrogen (secondary N) is 3. The van der Waals surface area contributed by atoms with Gasteiger partial charge >= 0.3 is 0 Å². The molecule has 2 saturated heterocycles. The second kappa shape index (κ2) is 18.2. The van der Waals surface area contributed by atoms with Gasteiger partial charge in [-0.25, -0.2) is 14.4 Å². The van der Waals surface area contributed by atoms with Crippen molar-refractivity contribution in [3.8, 4) is 17.0 Å². The van der Waals surface area contributed by atoms with Crippen LogP contribution in [0.3, 0.4) is 0 Å². The Balaban J connectivity index is 0.674. The van der Waals surface area contributed by atoms with E-state index in [1.54, 1.807) is 12.3 Å². The first kappa shape index (κ1) is 41.4. The van der Waals surface area contributed by atoms with Crippen LogP contribution in [0.25, 0.3) is 11.3 Å². The number of anilines is 1. The number of imide groups is 1. The molecular weight excluding hydrogens is 797 g/mol. The van der Waals surface area contributed by atoms with Crippen LogP contribution < -0.4 is 20.7 Å². The number of hydrogen-bond donors (Lipinski definition) is 3. The number of halogens is 2. The van der Waals surface area contributed by atoms with E-state index in [4.69, 9.17) is 21.3 Å². The van der Waals surface area contributed by atoms with Crippen LogP contribution in [0.1, 0.15) is 103 Å².